The first-order valence-corrected chi connectivity index (χ1v) is 34.6. The van der Waals surface area contributed by atoms with Crippen molar-refractivity contribution in [1.82, 2.24) is 40.3 Å². The molecule has 0 bridgehead atoms. The highest BCUT2D eigenvalue weighted by atomic mass is 32.2. The third-order valence-electron chi connectivity index (χ3n) is 11.9. The highest BCUT2D eigenvalue weighted by Gasteiger charge is 2.39. The van der Waals surface area contributed by atoms with Crippen LogP contribution in [0, 0.1) is 0 Å². The van der Waals surface area contributed by atoms with Crippen molar-refractivity contribution in [2.45, 2.75) is 238 Å². The number of anilines is 2. The second-order valence-electron chi connectivity index (χ2n) is 25.4. The Bertz CT molecular complexity index is 3400. The summed E-state index contributed by atoms with van der Waals surface area (Å²) in [5.41, 5.74) is -0.861. The lowest BCUT2D eigenvalue weighted by Gasteiger charge is -2.39. The predicted molar refractivity (Wildman–Crippen MR) is 351 cm³/mol. The smallest absolute Gasteiger partial charge is 0.446 e. The number of alkyl halides is 3. The maximum Gasteiger partial charge on any atom is 0.446 e. The normalized spacial score (nSPS) is 17.2. The van der Waals surface area contributed by atoms with E-state index >= 15 is 0 Å². The number of sulfonamides is 2. The summed E-state index contributed by atoms with van der Waals surface area (Å²) in [5, 5.41) is 15.7. The van der Waals surface area contributed by atoms with Crippen molar-refractivity contribution >= 4 is 90.8 Å². The van der Waals surface area contributed by atoms with Crippen LogP contribution in [0.5, 0.6) is 0 Å². The molecule has 4 aromatic rings. The summed E-state index contributed by atoms with van der Waals surface area (Å²) in [7, 11) is -8.02. The molecule has 6 rings (SSSR count). The number of nitrogens with zero attached hydrogens (tertiary/aromatic N) is 3. The van der Waals surface area contributed by atoms with E-state index in [0.29, 0.717) is 57.9 Å². The molecule has 2 aromatic heterocycles. The van der Waals surface area contributed by atoms with Crippen molar-refractivity contribution in [3.05, 3.63) is 58.8 Å². The fraction of sp³-hybridized carbons (Fsp3) is 0.607. The molecule has 2 aromatic carbocycles. The maximum absolute atomic E-state index is 13.6. The molecule has 93 heavy (non-hydrogen) atoms. The molecule has 2 fully saturated rings. The van der Waals surface area contributed by atoms with Gasteiger partial charge in [-0.25, -0.2) is 60.2 Å². The van der Waals surface area contributed by atoms with Crippen LogP contribution in [0.3, 0.4) is 0 Å². The van der Waals surface area contributed by atoms with Crippen LogP contribution in [0.1, 0.15) is 181 Å². The molecule has 2 saturated heterocycles. The Balaban J connectivity index is 0.000000438. The highest BCUT2D eigenvalue weighted by molar-refractivity contribution is 7.90. The van der Waals surface area contributed by atoms with Crippen LogP contribution in [-0.2, 0) is 48.5 Å². The molecular formula is C61H93F3N10O15S4. The summed E-state index contributed by atoms with van der Waals surface area (Å²) in [6, 6.07) is 8.38. The minimum Gasteiger partial charge on any atom is -0.447 e. The Morgan fingerprint density at radius 2 is 1.02 bits per heavy atom. The molecule has 4 atom stereocenters. The molecule has 25 nitrogen and oxygen atoms in total. The summed E-state index contributed by atoms with van der Waals surface area (Å²) in [6.07, 6.45) is -4.03. The van der Waals surface area contributed by atoms with Crippen LogP contribution < -0.4 is 36.0 Å². The second-order valence-corrected chi connectivity index (χ2v) is 30.9. The molecular weight excluding hydrogens is 1300 g/mol. The van der Waals surface area contributed by atoms with Crippen LogP contribution in [0.25, 0.3) is 20.9 Å². The molecule has 522 valence electrons. The molecule has 32 heteroatoms. The van der Waals surface area contributed by atoms with Crippen LogP contribution in [0.4, 0.5) is 48.5 Å². The Labute approximate surface area is 554 Å². The number of benzene rings is 2. The second kappa shape index (κ2) is 34.6. The van der Waals surface area contributed by atoms with Crippen LogP contribution >= 0.6 is 22.7 Å². The first kappa shape index (κ1) is 78.7. The summed E-state index contributed by atoms with van der Waals surface area (Å²) in [4.78, 5) is 82.7. The number of amides is 5. The molecule has 7 N–H and O–H groups in total. The van der Waals surface area contributed by atoms with E-state index in [9.17, 15) is 54.0 Å². The molecule has 5 amide bonds. The number of rotatable bonds is 16. The summed E-state index contributed by atoms with van der Waals surface area (Å²) >= 11 is 2.66. The number of carbonyl (C=O) groups is 6. The minimum absolute atomic E-state index is 0.0255. The minimum atomic E-state index is -4.64. The summed E-state index contributed by atoms with van der Waals surface area (Å²) in [5.74, 6) is 0. The van der Waals surface area contributed by atoms with Gasteiger partial charge in [0.25, 0.3) is 0 Å². The first-order valence-electron chi connectivity index (χ1n) is 30.7. The van der Waals surface area contributed by atoms with Crippen LogP contribution in [0.15, 0.2) is 58.6 Å². The summed E-state index contributed by atoms with van der Waals surface area (Å²) in [6.45, 7) is 32.8. The van der Waals surface area contributed by atoms with Gasteiger partial charge in [0.2, 0.25) is 26.3 Å². The van der Waals surface area contributed by atoms with Gasteiger partial charge < -0.3 is 39.6 Å². The number of halogens is 3. The number of hydrogen-bond donors (Lipinski definition) is 7. The van der Waals surface area contributed by atoms with Gasteiger partial charge in [0.15, 0.2) is 0 Å². The third kappa shape index (κ3) is 28.4. The van der Waals surface area contributed by atoms with Gasteiger partial charge in [-0.15, -0.1) is 22.7 Å². The average Bonchev–Trinajstić information content (AvgIpc) is 1.43. The van der Waals surface area contributed by atoms with Gasteiger partial charge in [0.1, 0.15) is 15.6 Å². The molecule has 0 spiro atoms. The molecule has 2 aliphatic heterocycles. The lowest BCUT2D eigenvalue weighted by Crippen LogP contribution is -2.52. The Kier molecular flexibility index (Phi) is 29.3. The van der Waals surface area contributed by atoms with E-state index in [-0.39, 0.29) is 64.6 Å². The maximum atomic E-state index is 13.6. The number of carbonyl (C=O) groups excluding carboxylic acids is 6. The number of hydrogen-bond acceptors (Lipinski definition) is 20. The molecule has 2 unspecified atom stereocenters. The van der Waals surface area contributed by atoms with Crippen molar-refractivity contribution in [2.24, 2.45) is 0 Å². The number of aldehydes is 1. The largest absolute Gasteiger partial charge is 0.447 e. The number of nitrogens with one attached hydrogen (secondary N) is 7. The van der Waals surface area contributed by atoms with Crippen molar-refractivity contribution in [1.29, 1.82) is 0 Å². The van der Waals surface area contributed by atoms with Crippen molar-refractivity contribution in [3.8, 4) is 20.9 Å². The van der Waals surface area contributed by atoms with Crippen molar-refractivity contribution < 1.29 is 83.8 Å². The lowest BCUT2D eigenvalue weighted by molar-refractivity contribution is -0.156. The molecule has 0 aliphatic carbocycles. The SMILES string of the molecule is CC(C)OC(=O)Nc1ccc(-c2cnc(C3CC[C@@H](NC(=O)OC(C)C)CN3)s2)c(S(=O)(=O)NC(C)(C)C)c1.CC(C)OC(=O)Nc1ccc(-c2cnc(C3CC[C@@H](NC(=O)OC(C)C)CN3C(=O)OC(C)(C)C)s2)c(S(=O)(=O)NC(C)(C)C)c1.O=CC(F)(F)F.[2H]CC. The van der Waals surface area contributed by atoms with Crippen molar-refractivity contribution in [2.75, 3.05) is 23.7 Å². The van der Waals surface area contributed by atoms with Gasteiger partial charge in [-0.2, -0.15) is 13.2 Å². The molecule has 0 radical (unpaired) electrons. The van der Waals surface area contributed by atoms with Crippen molar-refractivity contribution in [3.63, 3.8) is 0 Å². The zero-order valence-corrected chi connectivity index (χ0v) is 59.3. The summed E-state index contributed by atoms with van der Waals surface area (Å²) < 4.78 is 123. The Hall–Kier alpha value is -6.71. The quantitative estimate of drug-likeness (QED) is 0.0405. The van der Waals surface area contributed by atoms with Crippen LogP contribution in [0.2, 0.25) is 0 Å². The lowest BCUT2D eigenvalue weighted by atomic mass is 9.99. The topological polar surface area (TPSA) is 330 Å². The zero-order valence-electron chi connectivity index (χ0n) is 57.0. The van der Waals surface area contributed by atoms with E-state index in [1.165, 1.54) is 34.8 Å². The van der Waals surface area contributed by atoms with Gasteiger partial charge in [-0.3, -0.25) is 20.3 Å². The standard InChI is InChI=1S/C31H47N5O8S2.C26H39N5O6S2.C2HF3O.C2H6/c1-18(2)42-27(37)33-20-11-13-22(25(15-20)46(40,41)35-30(5,6)7)24-16-32-26(45-24)23-14-12-21(34-28(38)43-19(3)4)17-36(23)29(39)44-31(8,9)10;1-15(2)36-24(32)29-17-8-10-19(22(12-17)39(34,35)31-26(5,6)7)21-14-28-23(38-21)20-11-9-18(13-27-20)30-25(33)37-16(3)4;3-2(4,5)1-6;1-2/h11,13,15-16,18-19,21,23,35H,12,14,17H2,1-10H3,(H,33,37)(H,34,38);8,10,12,14-16,18,20,27,31H,9,11,13H2,1-7H3,(H,29,32)(H,30,33);1H;1-2H3/t21-,23?;18-,20?;;/m11../s1/i;;;1D. The number of alkyl carbamates (subject to hydrolysis) is 2. The number of thiazole rings is 2. The van der Waals surface area contributed by atoms with E-state index in [0.717, 1.165) is 17.8 Å². The number of likely N-dealkylation sites (tertiary alicyclic amines) is 1. The van der Waals surface area contributed by atoms with E-state index in [4.69, 9.17) is 29.8 Å². The van der Waals surface area contributed by atoms with E-state index in [1.807, 2.05) is 0 Å². The molecule has 0 saturated carbocycles. The van der Waals surface area contributed by atoms with Gasteiger partial charge in [-0.05, 0) is 168 Å². The molecule has 2 aliphatic rings. The van der Waals surface area contributed by atoms with Gasteiger partial charge in [0.05, 0.1) is 62.1 Å². The zero-order chi connectivity index (χ0) is 71.5. The number of ether oxygens (including phenoxy) is 5. The van der Waals surface area contributed by atoms with E-state index in [2.05, 4.69) is 46.0 Å². The third-order valence-corrected chi connectivity index (χ3v) is 17.7. The highest BCUT2D eigenvalue weighted by Crippen LogP contribution is 2.41. The fourth-order valence-corrected chi connectivity index (χ4v) is 14.4. The Morgan fingerprint density at radius 3 is 1.40 bits per heavy atom. The van der Waals surface area contributed by atoms with Crippen LogP contribution in [-0.4, -0.2) is 141 Å². The van der Waals surface area contributed by atoms with Gasteiger partial charge in [0, 0.05) is 66.5 Å². The Morgan fingerprint density at radius 1 is 0.634 bits per heavy atom. The average molecular weight is 1390 g/mol. The monoisotopic (exact) mass is 1390 g/mol. The first-order chi connectivity index (χ1) is 43.2. The van der Waals surface area contributed by atoms with Gasteiger partial charge >= 0.3 is 36.6 Å². The number of piperidine rings is 2. The predicted octanol–water partition coefficient (Wildman–Crippen LogP) is 13.0. The molecule has 4 heterocycles. The van der Waals surface area contributed by atoms with E-state index < -0.39 is 85.7 Å². The fourth-order valence-electron chi connectivity index (χ4n) is 8.72. The van der Waals surface area contributed by atoms with E-state index in [1.54, 1.807) is 166 Å². The van der Waals surface area contributed by atoms with Gasteiger partial charge in [-0.1, -0.05) is 26.0 Å². The number of aromatic nitrogens is 2.